The van der Waals surface area contributed by atoms with Crippen LogP contribution in [0.15, 0.2) is 48.5 Å². The smallest absolute Gasteiger partial charge is 0.304 e. The van der Waals surface area contributed by atoms with Gasteiger partial charge in [0.25, 0.3) is 0 Å². The van der Waals surface area contributed by atoms with Crippen molar-refractivity contribution in [2.75, 3.05) is 31.5 Å². The Labute approximate surface area is 203 Å². The summed E-state index contributed by atoms with van der Waals surface area (Å²) in [6.07, 6.45) is 0.770. The normalized spacial score (nSPS) is 12.3. The van der Waals surface area contributed by atoms with Crippen molar-refractivity contribution >= 4 is 27.7 Å². The monoisotopic (exact) mass is 488 g/mol. The first kappa shape index (κ1) is 27.3. The van der Waals surface area contributed by atoms with Crippen molar-refractivity contribution in [1.82, 2.24) is 14.5 Å². The van der Waals surface area contributed by atoms with Crippen LogP contribution in [0.2, 0.25) is 0 Å². The maximum atomic E-state index is 13.6. The fourth-order valence-corrected chi connectivity index (χ4v) is 4.56. The fourth-order valence-electron chi connectivity index (χ4n) is 3.45. The van der Waals surface area contributed by atoms with E-state index in [-0.39, 0.29) is 12.5 Å². The second-order valence-electron chi connectivity index (χ2n) is 8.56. The van der Waals surface area contributed by atoms with Gasteiger partial charge in [-0.05, 0) is 49.9 Å². The molecule has 8 nitrogen and oxygen atoms in total. The minimum absolute atomic E-state index is 0.184. The van der Waals surface area contributed by atoms with Crippen LogP contribution < -0.4 is 9.62 Å². The molecule has 0 heterocycles. The predicted octanol–water partition coefficient (Wildman–Crippen LogP) is 2.86. The number of rotatable bonds is 11. The molecule has 0 aliphatic carbocycles. The SMILES string of the molecule is CCCNC(=O)C(C)N(Cc1ccccc1)C(=O)CN(c1cc(C)ccc1C)S(=O)(=O)N(C)C. The van der Waals surface area contributed by atoms with Gasteiger partial charge in [0.2, 0.25) is 11.8 Å². The molecule has 2 rings (SSSR count). The first-order valence-corrected chi connectivity index (χ1v) is 12.8. The van der Waals surface area contributed by atoms with Crippen LogP contribution in [0.4, 0.5) is 5.69 Å². The average molecular weight is 489 g/mol. The number of nitrogens with zero attached hydrogens (tertiary/aromatic N) is 3. The lowest BCUT2D eigenvalue weighted by atomic mass is 10.1. The van der Waals surface area contributed by atoms with Gasteiger partial charge in [0.15, 0.2) is 0 Å². The summed E-state index contributed by atoms with van der Waals surface area (Å²) in [6.45, 7) is 7.54. The highest BCUT2D eigenvalue weighted by molar-refractivity contribution is 7.90. The van der Waals surface area contributed by atoms with Gasteiger partial charge in [0, 0.05) is 27.2 Å². The van der Waals surface area contributed by atoms with Crippen LogP contribution in [0.3, 0.4) is 0 Å². The first-order chi connectivity index (χ1) is 16.0. The Hall–Kier alpha value is -2.91. The van der Waals surface area contributed by atoms with E-state index < -0.39 is 28.7 Å². The lowest BCUT2D eigenvalue weighted by Crippen LogP contribution is -2.52. The molecule has 0 radical (unpaired) electrons. The van der Waals surface area contributed by atoms with E-state index >= 15 is 0 Å². The molecule has 1 N–H and O–H groups in total. The lowest BCUT2D eigenvalue weighted by molar-refractivity contribution is -0.139. The standard InChI is InChI=1S/C25H36N4O4S/c1-7-15-26-25(31)21(4)28(17-22-11-9-8-10-12-22)24(30)18-29(34(32,33)27(5)6)23-16-19(2)13-14-20(23)3/h8-14,16,21H,7,15,17-18H2,1-6H3,(H,26,31). The average Bonchev–Trinajstić information content (AvgIpc) is 2.80. The fraction of sp³-hybridized carbons (Fsp3) is 0.440. The van der Waals surface area contributed by atoms with Gasteiger partial charge in [-0.2, -0.15) is 12.7 Å². The van der Waals surface area contributed by atoms with Crippen LogP contribution in [-0.4, -0.2) is 62.7 Å². The van der Waals surface area contributed by atoms with Gasteiger partial charge in [-0.1, -0.05) is 49.4 Å². The van der Waals surface area contributed by atoms with Crippen molar-refractivity contribution in [3.05, 3.63) is 65.2 Å². The third-order valence-electron chi connectivity index (χ3n) is 5.56. The molecule has 9 heteroatoms. The first-order valence-electron chi connectivity index (χ1n) is 11.4. The van der Waals surface area contributed by atoms with Gasteiger partial charge in [-0.25, -0.2) is 4.31 Å². The van der Waals surface area contributed by atoms with Crippen LogP contribution in [0.25, 0.3) is 0 Å². The summed E-state index contributed by atoms with van der Waals surface area (Å²) in [5.41, 5.74) is 2.89. The largest absolute Gasteiger partial charge is 0.354 e. The van der Waals surface area contributed by atoms with Gasteiger partial charge in [0.05, 0.1) is 5.69 Å². The number of amides is 2. The molecule has 2 amide bonds. The maximum Gasteiger partial charge on any atom is 0.304 e. The third-order valence-corrected chi connectivity index (χ3v) is 7.37. The van der Waals surface area contributed by atoms with E-state index in [1.807, 2.05) is 56.3 Å². The Balaban J connectivity index is 2.47. The summed E-state index contributed by atoms with van der Waals surface area (Å²) >= 11 is 0. The molecule has 0 spiro atoms. The molecule has 0 bridgehead atoms. The van der Waals surface area contributed by atoms with Crippen LogP contribution in [0.5, 0.6) is 0 Å². The number of benzene rings is 2. The molecule has 2 aromatic rings. The molecular formula is C25H36N4O4S. The number of hydrogen-bond acceptors (Lipinski definition) is 4. The molecule has 34 heavy (non-hydrogen) atoms. The van der Waals surface area contributed by atoms with Gasteiger partial charge in [-0.15, -0.1) is 0 Å². The van der Waals surface area contributed by atoms with E-state index in [1.165, 1.54) is 19.0 Å². The Morgan fingerprint density at radius 2 is 1.68 bits per heavy atom. The van der Waals surface area contributed by atoms with Crippen LogP contribution >= 0.6 is 0 Å². The Bertz CT molecular complexity index is 1090. The summed E-state index contributed by atoms with van der Waals surface area (Å²) in [7, 11) is -1.11. The summed E-state index contributed by atoms with van der Waals surface area (Å²) < 4.78 is 28.7. The Morgan fingerprint density at radius 3 is 2.26 bits per heavy atom. The molecule has 1 atom stereocenters. The zero-order valence-corrected chi connectivity index (χ0v) is 21.7. The molecule has 186 valence electrons. The molecular weight excluding hydrogens is 452 g/mol. The molecule has 0 aliphatic heterocycles. The van der Waals surface area contributed by atoms with E-state index in [4.69, 9.17) is 0 Å². The lowest BCUT2D eigenvalue weighted by Gasteiger charge is -2.33. The Kier molecular flexibility index (Phi) is 9.64. The van der Waals surface area contributed by atoms with E-state index in [9.17, 15) is 18.0 Å². The maximum absolute atomic E-state index is 13.6. The van der Waals surface area contributed by atoms with E-state index in [0.29, 0.717) is 12.2 Å². The van der Waals surface area contributed by atoms with Crippen molar-refractivity contribution in [2.24, 2.45) is 0 Å². The highest BCUT2D eigenvalue weighted by atomic mass is 32.2. The van der Waals surface area contributed by atoms with Gasteiger partial charge in [-0.3, -0.25) is 9.59 Å². The van der Waals surface area contributed by atoms with E-state index in [1.54, 1.807) is 19.9 Å². The van der Waals surface area contributed by atoms with E-state index in [2.05, 4.69) is 5.32 Å². The molecule has 2 aromatic carbocycles. The molecule has 0 aromatic heterocycles. The van der Waals surface area contributed by atoms with E-state index in [0.717, 1.165) is 31.7 Å². The topological polar surface area (TPSA) is 90.0 Å². The molecule has 0 fully saturated rings. The second-order valence-corrected chi connectivity index (χ2v) is 10.6. The minimum atomic E-state index is -3.97. The molecule has 0 saturated heterocycles. The van der Waals surface area contributed by atoms with Gasteiger partial charge >= 0.3 is 10.2 Å². The number of nitrogens with one attached hydrogen (secondary N) is 1. The highest BCUT2D eigenvalue weighted by Crippen LogP contribution is 2.26. The number of hydrogen-bond donors (Lipinski definition) is 1. The molecule has 0 aliphatic rings. The van der Waals surface area contributed by atoms with Crippen molar-refractivity contribution < 1.29 is 18.0 Å². The highest BCUT2D eigenvalue weighted by Gasteiger charge is 2.33. The Morgan fingerprint density at radius 1 is 1.03 bits per heavy atom. The number of carbonyl (C=O) groups excluding carboxylic acids is 2. The van der Waals surface area contributed by atoms with Crippen LogP contribution in [0, 0.1) is 13.8 Å². The van der Waals surface area contributed by atoms with Crippen molar-refractivity contribution in [3.8, 4) is 0 Å². The third kappa shape index (κ3) is 6.80. The van der Waals surface area contributed by atoms with Crippen molar-refractivity contribution in [2.45, 2.75) is 46.7 Å². The summed E-state index contributed by atoms with van der Waals surface area (Å²) in [5.74, 6) is -0.741. The van der Waals surface area contributed by atoms with Crippen LogP contribution in [0.1, 0.15) is 37.0 Å². The number of carbonyl (C=O) groups is 2. The minimum Gasteiger partial charge on any atom is -0.354 e. The summed E-state index contributed by atoms with van der Waals surface area (Å²) in [5, 5.41) is 2.83. The summed E-state index contributed by atoms with van der Waals surface area (Å²) in [6, 6.07) is 14.0. The second kappa shape index (κ2) is 12.0. The molecule has 0 saturated carbocycles. The van der Waals surface area contributed by atoms with Crippen molar-refractivity contribution in [3.63, 3.8) is 0 Å². The predicted molar refractivity (Wildman–Crippen MR) is 136 cm³/mol. The van der Waals surface area contributed by atoms with Crippen LogP contribution in [-0.2, 0) is 26.3 Å². The quantitative estimate of drug-likeness (QED) is 0.527. The summed E-state index contributed by atoms with van der Waals surface area (Å²) in [4.78, 5) is 27.8. The number of aryl methyl sites for hydroxylation is 2. The van der Waals surface area contributed by atoms with Crippen molar-refractivity contribution in [1.29, 1.82) is 0 Å². The molecule has 1 unspecified atom stereocenters. The number of anilines is 1. The van der Waals surface area contributed by atoms with Gasteiger partial charge < -0.3 is 10.2 Å². The zero-order chi connectivity index (χ0) is 25.5. The van der Waals surface area contributed by atoms with Gasteiger partial charge in [0.1, 0.15) is 12.6 Å². The zero-order valence-electron chi connectivity index (χ0n) is 20.9.